The molecule has 226 valence electrons. The van der Waals surface area contributed by atoms with Crippen molar-refractivity contribution in [2.45, 2.75) is 32.1 Å². The fourth-order valence-electron chi connectivity index (χ4n) is 5.29. The van der Waals surface area contributed by atoms with E-state index >= 15 is 0 Å². The number of aromatic amines is 1. The number of carbonyl (C=O) groups is 2. The fourth-order valence-corrected chi connectivity index (χ4v) is 5.29. The van der Waals surface area contributed by atoms with Gasteiger partial charge in [0, 0.05) is 29.3 Å². The van der Waals surface area contributed by atoms with Crippen molar-refractivity contribution >= 4 is 33.7 Å². The first-order valence-electron chi connectivity index (χ1n) is 14.9. The van der Waals surface area contributed by atoms with Gasteiger partial charge in [-0.1, -0.05) is 91.0 Å². The molecule has 6 rings (SSSR count). The van der Waals surface area contributed by atoms with Gasteiger partial charge in [-0.25, -0.2) is 9.78 Å². The molecule has 0 bridgehead atoms. The molecular weight excluding hydrogens is 566 g/mol. The van der Waals surface area contributed by atoms with Gasteiger partial charge in [0.05, 0.1) is 11.2 Å². The second kappa shape index (κ2) is 13.9. The number of pyridine rings is 1. The molecule has 0 spiro atoms. The average molecular weight is 600 g/mol. The summed E-state index contributed by atoms with van der Waals surface area (Å²) >= 11 is 0. The molecule has 8 nitrogen and oxygen atoms in total. The van der Waals surface area contributed by atoms with Crippen LogP contribution in [0.1, 0.15) is 32.9 Å². The summed E-state index contributed by atoms with van der Waals surface area (Å²) in [4.78, 5) is 34.6. The van der Waals surface area contributed by atoms with Crippen LogP contribution in [0.4, 0.5) is 0 Å². The van der Waals surface area contributed by atoms with Gasteiger partial charge in [0.1, 0.15) is 30.7 Å². The van der Waals surface area contributed by atoms with Crippen molar-refractivity contribution in [3.05, 3.63) is 143 Å². The molecule has 0 aliphatic carbocycles. The lowest BCUT2D eigenvalue weighted by Gasteiger charge is -2.18. The molecule has 8 heteroatoms. The molecule has 1 atom stereocenters. The standard InChI is InChI=1S/C37H33N3O5/c41-28-17-15-25(16-18-28)21-33(36(42)44-23-26-9-3-1-4-10-26)38-20-19-32-35-30(29-13-7-8-14-31(29)40-35)22-34(39-32)37(43)45-24-27-11-5-2-6-12-27/h1-18,22,33,38,40-41H,19-21,23-24H2/t33-/m0/s1. The summed E-state index contributed by atoms with van der Waals surface area (Å²) in [6, 6.07) is 34.9. The molecule has 3 N–H and O–H groups in total. The lowest BCUT2D eigenvalue weighted by atomic mass is 10.1. The zero-order valence-electron chi connectivity index (χ0n) is 24.6. The van der Waals surface area contributed by atoms with Crippen LogP contribution < -0.4 is 5.32 Å². The highest BCUT2D eigenvalue weighted by atomic mass is 16.5. The average Bonchev–Trinajstić information content (AvgIpc) is 3.46. The summed E-state index contributed by atoms with van der Waals surface area (Å²) in [5.41, 5.74) is 5.34. The van der Waals surface area contributed by atoms with Gasteiger partial charge in [-0.2, -0.15) is 0 Å². The lowest BCUT2D eigenvalue weighted by molar-refractivity contribution is -0.147. The largest absolute Gasteiger partial charge is 0.508 e. The van der Waals surface area contributed by atoms with E-state index in [1.165, 1.54) is 0 Å². The number of nitrogens with zero attached hydrogens (tertiary/aromatic N) is 1. The van der Waals surface area contributed by atoms with E-state index in [-0.39, 0.29) is 30.6 Å². The highest BCUT2D eigenvalue weighted by Gasteiger charge is 2.22. The molecule has 0 saturated heterocycles. The number of aromatic nitrogens is 2. The Balaban J connectivity index is 1.22. The van der Waals surface area contributed by atoms with Crippen LogP contribution in [0.5, 0.6) is 5.75 Å². The van der Waals surface area contributed by atoms with Crippen LogP contribution in [-0.4, -0.2) is 39.6 Å². The molecule has 6 aromatic rings. The molecule has 2 aromatic heterocycles. The molecule has 4 aromatic carbocycles. The monoisotopic (exact) mass is 599 g/mol. The van der Waals surface area contributed by atoms with Gasteiger partial charge in [0.25, 0.3) is 0 Å². The number of rotatable bonds is 12. The Kier molecular flexibility index (Phi) is 9.13. The van der Waals surface area contributed by atoms with Crippen molar-refractivity contribution < 1.29 is 24.2 Å². The molecule has 0 saturated carbocycles. The van der Waals surface area contributed by atoms with Gasteiger partial charge >= 0.3 is 11.9 Å². The molecule has 2 heterocycles. The molecular formula is C37H33N3O5. The number of benzene rings is 4. The molecule has 0 radical (unpaired) electrons. The van der Waals surface area contributed by atoms with Crippen LogP contribution in [0.2, 0.25) is 0 Å². The van der Waals surface area contributed by atoms with Crippen LogP contribution in [0.15, 0.2) is 115 Å². The molecule has 0 amide bonds. The van der Waals surface area contributed by atoms with Gasteiger partial charge in [-0.15, -0.1) is 0 Å². The quantitative estimate of drug-likeness (QED) is 0.142. The van der Waals surface area contributed by atoms with Crippen molar-refractivity contribution in [2.24, 2.45) is 0 Å². The van der Waals surface area contributed by atoms with Crippen molar-refractivity contribution in [1.29, 1.82) is 0 Å². The van der Waals surface area contributed by atoms with Gasteiger partial charge in [0.2, 0.25) is 0 Å². The molecule has 45 heavy (non-hydrogen) atoms. The Morgan fingerprint density at radius 2 is 1.40 bits per heavy atom. The van der Waals surface area contributed by atoms with Crippen LogP contribution in [0.25, 0.3) is 21.8 Å². The second-order valence-corrected chi connectivity index (χ2v) is 10.8. The van der Waals surface area contributed by atoms with E-state index in [0.29, 0.717) is 25.1 Å². The van der Waals surface area contributed by atoms with Crippen LogP contribution in [0.3, 0.4) is 0 Å². The van der Waals surface area contributed by atoms with E-state index in [9.17, 15) is 14.7 Å². The third kappa shape index (κ3) is 7.37. The minimum atomic E-state index is -0.643. The summed E-state index contributed by atoms with van der Waals surface area (Å²) in [5, 5.41) is 14.9. The van der Waals surface area contributed by atoms with Crippen molar-refractivity contribution in [1.82, 2.24) is 15.3 Å². The lowest BCUT2D eigenvalue weighted by Crippen LogP contribution is -2.41. The summed E-state index contributed by atoms with van der Waals surface area (Å²) in [7, 11) is 0. The smallest absolute Gasteiger partial charge is 0.357 e. The maximum Gasteiger partial charge on any atom is 0.357 e. The number of H-pyrrole nitrogens is 1. The van der Waals surface area contributed by atoms with Crippen molar-refractivity contribution in [2.75, 3.05) is 6.54 Å². The highest BCUT2D eigenvalue weighted by Crippen LogP contribution is 2.28. The number of nitrogens with one attached hydrogen (secondary N) is 2. The van der Waals surface area contributed by atoms with Gasteiger partial charge in [-0.05, 0) is 47.4 Å². The Morgan fingerprint density at radius 1 is 0.756 bits per heavy atom. The minimum absolute atomic E-state index is 0.147. The topological polar surface area (TPSA) is 114 Å². The highest BCUT2D eigenvalue weighted by molar-refractivity contribution is 6.09. The predicted molar refractivity (Wildman–Crippen MR) is 173 cm³/mol. The van der Waals surface area contributed by atoms with E-state index < -0.39 is 12.0 Å². The molecule has 0 aliphatic heterocycles. The Morgan fingerprint density at radius 3 is 2.11 bits per heavy atom. The number of fused-ring (bicyclic) bond motifs is 3. The van der Waals surface area contributed by atoms with E-state index in [2.05, 4.69) is 10.3 Å². The first kappa shape index (κ1) is 29.6. The van der Waals surface area contributed by atoms with E-state index in [1.807, 2.05) is 84.9 Å². The van der Waals surface area contributed by atoms with Crippen LogP contribution >= 0.6 is 0 Å². The maximum atomic E-state index is 13.3. The number of hydrogen-bond acceptors (Lipinski definition) is 7. The minimum Gasteiger partial charge on any atom is -0.508 e. The zero-order chi connectivity index (χ0) is 31.0. The maximum absolute atomic E-state index is 13.3. The van der Waals surface area contributed by atoms with E-state index in [4.69, 9.17) is 14.5 Å². The summed E-state index contributed by atoms with van der Waals surface area (Å²) in [5.74, 6) is -0.727. The predicted octanol–water partition coefficient (Wildman–Crippen LogP) is 6.27. The summed E-state index contributed by atoms with van der Waals surface area (Å²) < 4.78 is 11.3. The number of esters is 2. The first-order valence-corrected chi connectivity index (χ1v) is 14.9. The number of hydrogen-bond donors (Lipinski definition) is 3. The number of carbonyl (C=O) groups excluding carboxylic acids is 2. The van der Waals surface area contributed by atoms with Gasteiger partial charge in [0.15, 0.2) is 0 Å². The van der Waals surface area contributed by atoms with Crippen molar-refractivity contribution in [3.63, 3.8) is 0 Å². The number of phenols is 1. The zero-order valence-corrected chi connectivity index (χ0v) is 24.6. The Labute approximate surface area is 260 Å². The van der Waals surface area contributed by atoms with Crippen molar-refractivity contribution in [3.8, 4) is 5.75 Å². The fraction of sp³-hybridized carbons (Fsp3) is 0.162. The van der Waals surface area contributed by atoms with E-state index in [0.717, 1.165) is 38.5 Å². The SMILES string of the molecule is O=C(OCc1ccccc1)c1cc2c([nH]c3ccccc32)c(CCN[C@@H](Cc2ccc(O)cc2)C(=O)OCc2ccccc2)n1. The summed E-state index contributed by atoms with van der Waals surface area (Å²) in [6.07, 6.45) is 0.802. The normalized spacial score (nSPS) is 11.8. The van der Waals surface area contributed by atoms with Crippen LogP contribution in [0, 0.1) is 0 Å². The summed E-state index contributed by atoms with van der Waals surface area (Å²) in [6.45, 7) is 0.704. The van der Waals surface area contributed by atoms with Gasteiger partial charge in [-0.3, -0.25) is 4.79 Å². The molecule has 0 unspecified atom stereocenters. The molecule has 0 aliphatic rings. The molecule has 0 fully saturated rings. The van der Waals surface area contributed by atoms with E-state index in [1.54, 1.807) is 30.3 Å². The first-order chi connectivity index (χ1) is 22.0. The second-order valence-electron chi connectivity index (χ2n) is 10.8. The van der Waals surface area contributed by atoms with Gasteiger partial charge < -0.3 is 24.9 Å². The number of phenolic OH excluding ortho intramolecular Hbond substituents is 1. The third-order valence-corrected chi connectivity index (χ3v) is 7.63. The number of aromatic hydroxyl groups is 1. The third-order valence-electron chi connectivity index (χ3n) is 7.63. The number of ether oxygens (including phenoxy) is 2. The van der Waals surface area contributed by atoms with Crippen LogP contribution in [-0.2, 0) is 40.3 Å². The number of para-hydroxylation sites is 1. The Hall–Kier alpha value is -5.47. The Bertz CT molecular complexity index is 1900.